The molecule has 5 rings (SSSR count). The summed E-state index contributed by atoms with van der Waals surface area (Å²) in [7, 11) is 1.54. The quantitative estimate of drug-likeness (QED) is 0.393. The van der Waals surface area contributed by atoms with Gasteiger partial charge in [-0.3, -0.25) is 4.99 Å². The SMILES string of the molecule is COc1cc(C=Nc2ccc([C@@H]3Nc4ccc(C)cc4[C@H]4C=CC[C@@H]43)cc2)ccc1O. The van der Waals surface area contributed by atoms with E-state index in [-0.39, 0.29) is 11.8 Å². The summed E-state index contributed by atoms with van der Waals surface area (Å²) in [4.78, 5) is 4.58. The molecule has 2 aliphatic rings. The summed E-state index contributed by atoms with van der Waals surface area (Å²) < 4.78 is 5.16. The molecule has 0 unspecified atom stereocenters. The van der Waals surface area contributed by atoms with Crippen LogP contribution in [-0.4, -0.2) is 18.4 Å². The standard InChI is InChI=1S/C27H26N2O2/c1-17-6-12-24-23(14-17)21-4-3-5-22(21)27(29-24)19-8-10-20(11-9-19)28-16-18-7-13-25(30)26(15-18)31-2/h3-4,6-16,21-22,27,29-30H,5H2,1-2H3/t21-,22-,27-/m0/s1. The smallest absolute Gasteiger partial charge is 0.161 e. The highest BCUT2D eigenvalue weighted by molar-refractivity contribution is 5.83. The van der Waals surface area contributed by atoms with Crippen molar-refractivity contribution in [3.05, 3.63) is 95.1 Å². The summed E-state index contributed by atoms with van der Waals surface area (Å²) in [5.41, 5.74) is 7.03. The van der Waals surface area contributed by atoms with Crippen LogP contribution < -0.4 is 10.1 Å². The molecule has 0 aromatic heterocycles. The lowest BCUT2D eigenvalue weighted by atomic mass is 9.76. The Hall–Kier alpha value is -3.53. The molecule has 31 heavy (non-hydrogen) atoms. The van der Waals surface area contributed by atoms with E-state index in [1.165, 1.54) is 29.5 Å². The summed E-state index contributed by atoms with van der Waals surface area (Å²) >= 11 is 0. The number of anilines is 1. The molecular weight excluding hydrogens is 384 g/mol. The second-order valence-electron chi connectivity index (χ2n) is 8.35. The lowest BCUT2D eigenvalue weighted by Gasteiger charge is -2.37. The average Bonchev–Trinajstić information content (AvgIpc) is 3.29. The van der Waals surface area contributed by atoms with Gasteiger partial charge in [0, 0.05) is 17.8 Å². The van der Waals surface area contributed by atoms with E-state index in [2.05, 4.69) is 71.8 Å². The third-order valence-corrected chi connectivity index (χ3v) is 6.34. The summed E-state index contributed by atoms with van der Waals surface area (Å²) in [6.07, 6.45) is 7.58. The van der Waals surface area contributed by atoms with Crippen molar-refractivity contribution in [1.29, 1.82) is 0 Å². The summed E-state index contributed by atoms with van der Waals surface area (Å²) in [6.45, 7) is 2.16. The lowest BCUT2D eigenvalue weighted by Crippen LogP contribution is -2.29. The minimum absolute atomic E-state index is 0.125. The minimum atomic E-state index is 0.125. The lowest BCUT2D eigenvalue weighted by molar-refractivity contribution is 0.373. The monoisotopic (exact) mass is 410 g/mol. The number of allylic oxidation sites excluding steroid dienone is 2. The Balaban J connectivity index is 1.37. The number of nitrogens with zero attached hydrogens (tertiary/aromatic N) is 1. The van der Waals surface area contributed by atoms with Crippen LogP contribution in [-0.2, 0) is 0 Å². The molecule has 0 bridgehead atoms. The molecule has 1 heterocycles. The number of fused-ring (bicyclic) bond motifs is 3. The Morgan fingerprint density at radius 1 is 1.06 bits per heavy atom. The molecule has 0 amide bonds. The number of hydrogen-bond acceptors (Lipinski definition) is 4. The molecule has 3 aromatic carbocycles. The van der Waals surface area contributed by atoms with Crippen LogP contribution >= 0.6 is 0 Å². The first-order valence-electron chi connectivity index (χ1n) is 10.7. The molecule has 0 spiro atoms. The van der Waals surface area contributed by atoms with Gasteiger partial charge in [-0.25, -0.2) is 0 Å². The van der Waals surface area contributed by atoms with Gasteiger partial charge in [-0.1, -0.05) is 42.0 Å². The Kier molecular flexibility index (Phi) is 4.99. The van der Waals surface area contributed by atoms with E-state index in [1.807, 2.05) is 6.07 Å². The predicted molar refractivity (Wildman–Crippen MR) is 126 cm³/mol. The molecule has 3 atom stereocenters. The third kappa shape index (κ3) is 3.70. The van der Waals surface area contributed by atoms with Crippen molar-refractivity contribution < 1.29 is 9.84 Å². The molecule has 156 valence electrons. The number of hydrogen-bond donors (Lipinski definition) is 2. The van der Waals surface area contributed by atoms with Gasteiger partial charge >= 0.3 is 0 Å². The van der Waals surface area contributed by atoms with Gasteiger partial charge in [0.05, 0.1) is 18.8 Å². The number of methoxy groups -OCH3 is 1. The van der Waals surface area contributed by atoms with Gasteiger partial charge in [0.1, 0.15) is 0 Å². The number of aliphatic imine (C=N–C) groups is 1. The number of ether oxygens (including phenoxy) is 1. The van der Waals surface area contributed by atoms with Gasteiger partial charge < -0.3 is 15.2 Å². The van der Waals surface area contributed by atoms with Crippen LogP contribution in [0.5, 0.6) is 11.5 Å². The van der Waals surface area contributed by atoms with Crippen molar-refractivity contribution >= 4 is 17.6 Å². The van der Waals surface area contributed by atoms with Crippen LogP contribution in [0.25, 0.3) is 0 Å². The van der Waals surface area contributed by atoms with Crippen LogP contribution in [0.3, 0.4) is 0 Å². The van der Waals surface area contributed by atoms with Crippen LogP contribution in [0, 0.1) is 12.8 Å². The highest BCUT2D eigenvalue weighted by Crippen LogP contribution is 2.50. The highest BCUT2D eigenvalue weighted by atomic mass is 16.5. The van der Waals surface area contributed by atoms with E-state index in [4.69, 9.17) is 4.74 Å². The van der Waals surface area contributed by atoms with E-state index < -0.39 is 0 Å². The maximum atomic E-state index is 9.73. The van der Waals surface area contributed by atoms with E-state index in [9.17, 15) is 5.11 Å². The number of benzene rings is 3. The largest absolute Gasteiger partial charge is 0.504 e. The molecule has 0 fully saturated rings. The number of rotatable bonds is 4. The van der Waals surface area contributed by atoms with Gasteiger partial charge in [-0.2, -0.15) is 0 Å². The molecule has 1 aliphatic carbocycles. The zero-order valence-electron chi connectivity index (χ0n) is 17.7. The summed E-state index contributed by atoms with van der Waals surface area (Å²) in [6, 6.07) is 20.7. The zero-order valence-corrected chi connectivity index (χ0v) is 17.7. The third-order valence-electron chi connectivity index (χ3n) is 6.34. The maximum Gasteiger partial charge on any atom is 0.161 e. The molecule has 0 saturated carbocycles. The fourth-order valence-electron chi connectivity index (χ4n) is 4.74. The topological polar surface area (TPSA) is 53.8 Å². The number of nitrogens with one attached hydrogen (secondary N) is 1. The Morgan fingerprint density at radius 3 is 2.71 bits per heavy atom. The van der Waals surface area contributed by atoms with Crippen molar-refractivity contribution in [2.75, 3.05) is 12.4 Å². The Labute approximate surface area is 182 Å². The van der Waals surface area contributed by atoms with Crippen molar-refractivity contribution in [1.82, 2.24) is 0 Å². The number of phenolic OH excluding ortho intramolecular Hbond substituents is 1. The number of aryl methyl sites for hydroxylation is 1. The fraction of sp³-hybridized carbons (Fsp3) is 0.222. The number of phenols is 1. The zero-order chi connectivity index (χ0) is 21.4. The van der Waals surface area contributed by atoms with Crippen LogP contribution in [0.1, 0.15) is 40.6 Å². The Bertz CT molecular complexity index is 1160. The maximum absolute atomic E-state index is 9.73. The van der Waals surface area contributed by atoms with Crippen LogP contribution in [0.4, 0.5) is 11.4 Å². The van der Waals surface area contributed by atoms with E-state index >= 15 is 0 Å². The molecule has 1 aliphatic heterocycles. The minimum Gasteiger partial charge on any atom is -0.504 e. The molecule has 4 heteroatoms. The van der Waals surface area contributed by atoms with Crippen molar-refractivity contribution in [3.8, 4) is 11.5 Å². The van der Waals surface area contributed by atoms with E-state index in [0.717, 1.165) is 17.7 Å². The average molecular weight is 411 g/mol. The molecule has 3 aromatic rings. The first kappa shape index (κ1) is 19.4. The van der Waals surface area contributed by atoms with Crippen LogP contribution in [0.2, 0.25) is 0 Å². The molecule has 4 nitrogen and oxygen atoms in total. The van der Waals surface area contributed by atoms with Gasteiger partial charge in [-0.05, 0) is 72.4 Å². The van der Waals surface area contributed by atoms with Gasteiger partial charge in [0.2, 0.25) is 0 Å². The number of aromatic hydroxyl groups is 1. The second kappa shape index (κ2) is 7.95. The predicted octanol–water partition coefficient (Wildman–Crippen LogP) is 6.29. The fourth-order valence-corrected chi connectivity index (χ4v) is 4.74. The molecular formula is C27H26N2O2. The van der Waals surface area contributed by atoms with E-state index in [1.54, 1.807) is 18.3 Å². The van der Waals surface area contributed by atoms with Gasteiger partial charge in [0.25, 0.3) is 0 Å². The van der Waals surface area contributed by atoms with Crippen LogP contribution in [0.15, 0.2) is 77.8 Å². The Morgan fingerprint density at radius 2 is 1.90 bits per heavy atom. The van der Waals surface area contributed by atoms with Gasteiger partial charge in [0.15, 0.2) is 11.5 Å². The highest BCUT2D eigenvalue weighted by Gasteiger charge is 2.37. The second-order valence-corrected chi connectivity index (χ2v) is 8.35. The molecule has 0 radical (unpaired) electrons. The van der Waals surface area contributed by atoms with Crippen molar-refractivity contribution in [3.63, 3.8) is 0 Å². The summed E-state index contributed by atoms with van der Waals surface area (Å²) in [5, 5.41) is 13.5. The normalized spacial score (nSPS) is 21.5. The van der Waals surface area contributed by atoms with E-state index in [0.29, 0.717) is 17.6 Å². The van der Waals surface area contributed by atoms with Crippen molar-refractivity contribution in [2.24, 2.45) is 10.9 Å². The summed E-state index contributed by atoms with van der Waals surface area (Å²) in [5.74, 6) is 1.58. The molecule has 2 N–H and O–H groups in total. The van der Waals surface area contributed by atoms with Crippen molar-refractivity contribution in [2.45, 2.75) is 25.3 Å². The molecule has 0 saturated heterocycles. The first-order chi connectivity index (χ1) is 15.1. The van der Waals surface area contributed by atoms with Gasteiger partial charge in [-0.15, -0.1) is 0 Å². The first-order valence-corrected chi connectivity index (χ1v) is 10.7.